The molecular weight excluding hydrogens is 176 g/mol. The molecule has 0 spiro atoms. The molecule has 0 aromatic heterocycles. The number of benzene rings is 1. The molecule has 0 fully saturated rings. The van der Waals surface area contributed by atoms with Crippen LogP contribution in [-0.4, -0.2) is 15.4 Å². The third-order valence-corrected chi connectivity index (χ3v) is 4.46. The predicted octanol–water partition coefficient (Wildman–Crippen LogP) is 0.830. The normalized spacial score (nSPS) is 10.1. The van der Waals surface area contributed by atoms with Gasteiger partial charge in [0.1, 0.15) is 0 Å². The van der Waals surface area contributed by atoms with Gasteiger partial charge in [-0.15, -0.1) is 12.8 Å². The van der Waals surface area contributed by atoms with Crippen molar-refractivity contribution in [1.82, 2.24) is 0 Å². The minimum absolute atomic E-state index is 0.947. The molecule has 0 aliphatic carbocycles. The summed E-state index contributed by atoms with van der Waals surface area (Å²) in [6.07, 6.45) is 10.8. The Kier molecular flexibility index (Phi) is 2.92. The molecule has 1 rings (SSSR count). The molecule has 0 saturated carbocycles. The summed E-state index contributed by atoms with van der Waals surface area (Å²) in [5, 5.41) is 0.947. The Hall–Kier alpha value is -1.48. The summed E-state index contributed by atoms with van der Waals surface area (Å²) in [4.78, 5) is 0. The van der Waals surface area contributed by atoms with Gasteiger partial charge < -0.3 is 4.43 Å². The Morgan fingerprint density at radius 1 is 1.15 bits per heavy atom. The van der Waals surface area contributed by atoms with E-state index in [4.69, 9.17) is 17.3 Å². The van der Waals surface area contributed by atoms with Gasteiger partial charge in [0, 0.05) is 7.11 Å². The van der Waals surface area contributed by atoms with E-state index in [0.29, 0.717) is 0 Å². The molecule has 0 heterocycles. The van der Waals surface area contributed by atoms with Crippen LogP contribution >= 0.6 is 0 Å². The lowest BCUT2D eigenvalue weighted by atomic mass is 10.4. The zero-order chi connectivity index (χ0) is 9.73. The largest absolute Gasteiger partial charge is 0.397 e. The molecule has 0 bridgehead atoms. The maximum Gasteiger partial charge on any atom is 0.386 e. The lowest BCUT2D eigenvalue weighted by Gasteiger charge is -2.16. The molecule has 1 nitrogen and oxygen atoms in total. The first-order valence-electron chi connectivity index (χ1n) is 3.85. The van der Waals surface area contributed by atoms with E-state index in [2.05, 4.69) is 11.1 Å². The number of terminal acetylenes is 2. The highest BCUT2D eigenvalue weighted by Gasteiger charge is 2.32. The summed E-state index contributed by atoms with van der Waals surface area (Å²) in [7, 11) is -0.970. The summed E-state index contributed by atoms with van der Waals surface area (Å²) in [5.74, 6) is 0. The van der Waals surface area contributed by atoms with Gasteiger partial charge in [0.2, 0.25) is 0 Å². The Morgan fingerprint density at radius 3 is 2.08 bits per heavy atom. The fourth-order valence-electron chi connectivity index (χ4n) is 1.12. The average molecular weight is 186 g/mol. The minimum atomic E-state index is -2.54. The van der Waals surface area contributed by atoms with E-state index in [1.807, 2.05) is 30.3 Å². The Bertz CT molecular complexity index is 342. The quantitative estimate of drug-likeness (QED) is 0.491. The minimum Gasteiger partial charge on any atom is -0.397 e. The third kappa shape index (κ3) is 1.65. The van der Waals surface area contributed by atoms with Crippen molar-refractivity contribution in [2.45, 2.75) is 0 Å². The molecule has 0 radical (unpaired) electrons. The maximum atomic E-state index is 5.41. The van der Waals surface area contributed by atoms with Crippen LogP contribution in [0.25, 0.3) is 0 Å². The highest BCUT2D eigenvalue weighted by atomic mass is 28.4. The molecular formula is C11H10OSi. The first-order valence-corrected chi connectivity index (χ1v) is 5.76. The van der Waals surface area contributed by atoms with Gasteiger partial charge in [0.05, 0.1) is 0 Å². The Morgan fingerprint density at radius 2 is 1.69 bits per heavy atom. The van der Waals surface area contributed by atoms with Gasteiger partial charge in [-0.1, -0.05) is 41.4 Å². The molecule has 2 heteroatoms. The van der Waals surface area contributed by atoms with Crippen molar-refractivity contribution in [1.29, 1.82) is 0 Å². The van der Waals surface area contributed by atoms with Crippen molar-refractivity contribution in [3.05, 3.63) is 30.3 Å². The highest BCUT2D eigenvalue weighted by molar-refractivity contribution is 6.99. The van der Waals surface area contributed by atoms with Crippen LogP contribution in [0.1, 0.15) is 0 Å². The number of rotatable bonds is 2. The van der Waals surface area contributed by atoms with Crippen molar-refractivity contribution in [3.8, 4) is 23.9 Å². The molecule has 0 aliphatic heterocycles. The van der Waals surface area contributed by atoms with Crippen molar-refractivity contribution in [2.24, 2.45) is 0 Å². The molecule has 13 heavy (non-hydrogen) atoms. The second-order valence-electron chi connectivity index (χ2n) is 2.54. The molecule has 0 aliphatic rings. The summed E-state index contributed by atoms with van der Waals surface area (Å²) in [6, 6.07) is 9.56. The fourth-order valence-corrected chi connectivity index (χ4v) is 2.67. The monoisotopic (exact) mass is 186 g/mol. The number of hydrogen-bond donors (Lipinski definition) is 0. The van der Waals surface area contributed by atoms with Crippen molar-refractivity contribution < 1.29 is 4.43 Å². The predicted molar refractivity (Wildman–Crippen MR) is 56.5 cm³/mol. The second kappa shape index (κ2) is 3.96. The van der Waals surface area contributed by atoms with Crippen LogP contribution in [0.4, 0.5) is 0 Å². The van der Waals surface area contributed by atoms with Crippen molar-refractivity contribution in [2.75, 3.05) is 7.11 Å². The fraction of sp³-hybridized carbons (Fsp3) is 0.0909. The van der Waals surface area contributed by atoms with E-state index in [1.54, 1.807) is 7.11 Å². The standard InChI is InChI=1S/C11H10OSi/c1-4-13(5-2,12-3)11-9-7-6-8-10-11/h1-2,6-10H,3H3. The summed E-state index contributed by atoms with van der Waals surface area (Å²) < 4.78 is 5.29. The first-order chi connectivity index (χ1) is 6.29. The second-order valence-corrected chi connectivity index (χ2v) is 5.47. The smallest absolute Gasteiger partial charge is 0.386 e. The van der Waals surface area contributed by atoms with Crippen molar-refractivity contribution >= 4 is 13.5 Å². The lowest BCUT2D eigenvalue weighted by Crippen LogP contribution is -2.48. The lowest BCUT2D eigenvalue weighted by molar-refractivity contribution is 0.428. The van der Waals surface area contributed by atoms with E-state index in [1.165, 1.54) is 0 Å². The zero-order valence-corrected chi connectivity index (χ0v) is 8.45. The molecule has 1 aromatic carbocycles. The SMILES string of the molecule is C#C[Si](C#C)(OC)c1ccccc1. The first kappa shape index (κ1) is 9.60. The third-order valence-electron chi connectivity index (χ3n) is 1.89. The van der Waals surface area contributed by atoms with E-state index in [9.17, 15) is 0 Å². The van der Waals surface area contributed by atoms with Crippen LogP contribution in [0.2, 0.25) is 0 Å². The topological polar surface area (TPSA) is 9.23 Å². The van der Waals surface area contributed by atoms with Gasteiger partial charge in [-0.2, -0.15) is 0 Å². The molecule has 0 unspecified atom stereocenters. The van der Waals surface area contributed by atoms with E-state index in [0.717, 1.165) is 5.19 Å². The summed E-state index contributed by atoms with van der Waals surface area (Å²) in [5.41, 5.74) is 5.22. The van der Waals surface area contributed by atoms with Gasteiger partial charge in [-0.3, -0.25) is 0 Å². The van der Waals surface area contributed by atoms with E-state index < -0.39 is 8.32 Å². The van der Waals surface area contributed by atoms with E-state index >= 15 is 0 Å². The Balaban J connectivity index is 3.21. The van der Waals surface area contributed by atoms with Gasteiger partial charge in [0.15, 0.2) is 0 Å². The van der Waals surface area contributed by atoms with Crippen LogP contribution in [0.3, 0.4) is 0 Å². The molecule has 0 atom stereocenters. The van der Waals surface area contributed by atoms with Gasteiger partial charge in [-0.25, -0.2) is 0 Å². The zero-order valence-electron chi connectivity index (χ0n) is 7.45. The maximum absolute atomic E-state index is 5.41. The van der Waals surface area contributed by atoms with Gasteiger partial charge in [-0.05, 0) is 5.19 Å². The van der Waals surface area contributed by atoms with Crippen LogP contribution < -0.4 is 5.19 Å². The molecule has 64 valence electrons. The average Bonchev–Trinajstić information content (AvgIpc) is 2.23. The summed E-state index contributed by atoms with van der Waals surface area (Å²) in [6.45, 7) is 0. The molecule has 0 saturated heterocycles. The Labute approximate surface area is 79.9 Å². The molecule has 0 amide bonds. The van der Waals surface area contributed by atoms with Gasteiger partial charge >= 0.3 is 8.32 Å². The van der Waals surface area contributed by atoms with Crippen LogP contribution in [-0.2, 0) is 4.43 Å². The summed E-state index contributed by atoms with van der Waals surface area (Å²) >= 11 is 0. The highest BCUT2D eigenvalue weighted by Crippen LogP contribution is 2.01. The van der Waals surface area contributed by atoms with E-state index in [-0.39, 0.29) is 0 Å². The van der Waals surface area contributed by atoms with Gasteiger partial charge in [0.25, 0.3) is 0 Å². The van der Waals surface area contributed by atoms with Crippen LogP contribution in [0.5, 0.6) is 0 Å². The molecule has 0 N–H and O–H groups in total. The van der Waals surface area contributed by atoms with Crippen molar-refractivity contribution in [3.63, 3.8) is 0 Å². The van der Waals surface area contributed by atoms with Crippen LogP contribution in [0, 0.1) is 23.9 Å². The number of hydrogen-bond acceptors (Lipinski definition) is 1. The van der Waals surface area contributed by atoms with Crippen LogP contribution in [0.15, 0.2) is 30.3 Å². The molecule has 1 aromatic rings.